The van der Waals surface area contributed by atoms with Gasteiger partial charge < -0.3 is 10.2 Å². The summed E-state index contributed by atoms with van der Waals surface area (Å²) in [5, 5.41) is 2.61. The standard InChI is InChI=1S/C18H25N3O4S/c1-13-9-14(2)11-20(10-13)18(23)15-3-5-16(6-4-15)26(24,25)21-8-7-19-17(22)12-21/h3-6,13-14H,7-12H2,1-2H3,(H,19,22). The van der Waals surface area contributed by atoms with Gasteiger partial charge in [0.05, 0.1) is 11.4 Å². The smallest absolute Gasteiger partial charge is 0.253 e. The number of hydrogen-bond acceptors (Lipinski definition) is 4. The van der Waals surface area contributed by atoms with E-state index in [1.807, 2.05) is 4.90 Å². The van der Waals surface area contributed by atoms with Crippen LogP contribution in [-0.4, -0.2) is 62.2 Å². The number of carbonyl (C=O) groups is 2. The number of benzene rings is 1. The first kappa shape index (κ1) is 18.8. The van der Waals surface area contributed by atoms with Crippen LogP contribution in [0.25, 0.3) is 0 Å². The highest BCUT2D eigenvalue weighted by atomic mass is 32.2. The summed E-state index contributed by atoms with van der Waals surface area (Å²) in [6.07, 6.45) is 1.12. The third-order valence-corrected chi connectivity index (χ3v) is 6.76. The highest BCUT2D eigenvalue weighted by molar-refractivity contribution is 7.89. The lowest BCUT2D eigenvalue weighted by Gasteiger charge is -2.35. The van der Waals surface area contributed by atoms with Gasteiger partial charge in [-0.25, -0.2) is 8.42 Å². The van der Waals surface area contributed by atoms with Crippen LogP contribution in [0.3, 0.4) is 0 Å². The van der Waals surface area contributed by atoms with Crippen LogP contribution in [0.4, 0.5) is 0 Å². The van der Waals surface area contributed by atoms with E-state index in [1.54, 1.807) is 12.1 Å². The fourth-order valence-corrected chi connectivity index (χ4v) is 5.15. The Hall–Kier alpha value is -1.93. The molecule has 1 N–H and O–H groups in total. The summed E-state index contributed by atoms with van der Waals surface area (Å²) in [5.74, 6) is 0.560. The number of sulfonamides is 1. The predicted octanol–water partition coefficient (Wildman–Crippen LogP) is 0.925. The largest absolute Gasteiger partial charge is 0.354 e. The van der Waals surface area contributed by atoms with Crippen LogP contribution in [0.15, 0.2) is 29.2 Å². The fourth-order valence-electron chi connectivity index (χ4n) is 3.75. The van der Waals surface area contributed by atoms with E-state index in [4.69, 9.17) is 0 Å². The van der Waals surface area contributed by atoms with Gasteiger partial charge in [-0.2, -0.15) is 4.31 Å². The Morgan fingerprint density at radius 2 is 1.73 bits per heavy atom. The molecule has 1 aromatic carbocycles. The molecule has 2 fully saturated rings. The first-order valence-electron chi connectivity index (χ1n) is 8.93. The van der Waals surface area contributed by atoms with E-state index in [0.717, 1.165) is 23.8 Å². The van der Waals surface area contributed by atoms with Gasteiger partial charge in [0.15, 0.2) is 0 Å². The Labute approximate surface area is 154 Å². The monoisotopic (exact) mass is 379 g/mol. The van der Waals surface area contributed by atoms with E-state index in [9.17, 15) is 18.0 Å². The molecule has 3 rings (SSSR count). The van der Waals surface area contributed by atoms with Gasteiger partial charge in [0, 0.05) is 31.7 Å². The predicted molar refractivity (Wildman–Crippen MR) is 97.1 cm³/mol. The minimum atomic E-state index is -3.73. The van der Waals surface area contributed by atoms with E-state index < -0.39 is 10.0 Å². The number of piperidine rings is 1. The van der Waals surface area contributed by atoms with Crippen LogP contribution in [0, 0.1) is 11.8 Å². The van der Waals surface area contributed by atoms with Gasteiger partial charge in [0.25, 0.3) is 5.91 Å². The van der Waals surface area contributed by atoms with Crippen molar-refractivity contribution in [3.05, 3.63) is 29.8 Å². The maximum absolute atomic E-state index is 12.7. The third-order valence-electron chi connectivity index (χ3n) is 4.90. The lowest BCUT2D eigenvalue weighted by Crippen LogP contribution is -2.49. The van der Waals surface area contributed by atoms with Gasteiger partial charge in [0.2, 0.25) is 15.9 Å². The molecule has 142 valence electrons. The van der Waals surface area contributed by atoms with E-state index in [2.05, 4.69) is 19.2 Å². The number of rotatable bonds is 3. The quantitative estimate of drug-likeness (QED) is 0.846. The summed E-state index contributed by atoms with van der Waals surface area (Å²) < 4.78 is 26.5. The molecule has 2 heterocycles. The second kappa shape index (κ2) is 7.36. The minimum Gasteiger partial charge on any atom is -0.354 e. The van der Waals surface area contributed by atoms with Gasteiger partial charge in [-0.3, -0.25) is 9.59 Å². The van der Waals surface area contributed by atoms with Gasteiger partial charge in [0.1, 0.15) is 0 Å². The van der Waals surface area contributed by atoms with Crippen LogP contribution in [0.1, 0.15) is 30.6 Å². The van der Waals surface area contributed by atoms with Crippen LogP contribution in [0.2, 0.25) is 0 Å². The SMILES string of the molecule is CC1CC(C)CN(C(=O)c2ccc(S(=O)(=O)N3CCNC(=O)C3)cc2)C1. The number of likely N-dealkylation sites (tertiary alicyclic amines) is 1. The van der Waals surface area contributed by atoms with Crippen molar-refractivity contribution in [1.82, 2.24) is 14.5 Å². The van der Waals surface area contributed by atoms with Gasteiger partial charge in [-0.15, -0.1) is 0 Å². The zero-order valence-corrected chi connectivity index (χ0v) is 16.0. The zero-order chi connectivity index (χ0) is 18.9. The summed E-state index contributed by atoms with van der Waals surface area (Å²) in [5.41, 5.74) is 0.488. The number of amides is 2. The Morgan fingerprint density at radius 3 is 2.31 bits per heavy atom. The highest BCUT2D eigenvalue weighted by Crippen LogP contribution is 2.23. The van der Waals surface area contributed by atoms with Crippen molar-refractivity contribution in [1.29, 1.82) is 0 Å². The maximum Gasteiger partial charge on any atom is 0.253 e. The second-order valence-corrected chi connectivity index (χ2v) is 9.31. The average Bonchev–Trinajstić information content (AvgIpc) is 2.60. The summed E-state index contributed by atoms with van der Waals surface area (Å²) in [6.45, 7) is 6.11. The molecular formula is C18H25N3O4S. The second-order valence-electron chi connectivity index (χ2n) is 7.37. The topological polar surface area (TPSA) is 86.8 Å². The molecular weight excluding hydrogens is 354 g/mol. The van der Waals surface area contributed by atoms with Crippen molar-refractivity contribution in [3.8, 4) is 0 Å². The number of piperazine rings is 1. The lowest BCUT2D eigenvalue weighted by atomic mass is 9.91. The van der Waals surface area contributed by atoms with Gasteiger partial charge in [-0.1, -0.05) is 13.8 Å². The molecule has 0 aromatic heterocycles. The van der Waals surface area contributed by atoms with Crippen molar-refractivity contribution >= 4 is 21.8 Å². The summed E-state index contributed by atoms with van der Waals surface area (Å²) in [6, 6.07) is 6.02. The zero-order valence-electron chi connectivity index (χ0n) is 15.1. The van der Waals surface area contributed by atoms with Crippen LogP contribution >= 0.6 is 0 Å². The minimum absolute atomic E-state index is 0.0651. The van der Waals surface area contributed by atoms with Crippen molar-refractivity contribution < 1.29 is 18.0 Å². The molecule has 0 bridgehead atoms. The molecule has 2 aliphatic heterocycles. The highest BCUT2D eigenvalue weighted by Gasteiger charge is 2.30. The summed E-state index contributed by atoms with van der Waals surface area (Å²) in [7, 11) is -3.73. The molecule has 0 spiro atoms. The Kier molecular flexibility index (Phi) is 5.34. The molecule has 2 atom stereocenters. The number of carbonyl (C=O) groups excluding carboxylic acids is 2. The fraction of sp³-hybridized carbons (Fsp3) is 0.556. The number of nitrogens with one attached hydrogen (secondary N) is 1. The molecule has 7 nitrogen and oxygen atoms in total. The summed E-state index contributed by atoms with van der Waals surface area (Å²) >= 11 is 0. The average molecular weight is 379 g/mol. The molecule has 2 amide bonds. The van der Waals surface area contributed by atoms with Crippen molar-refractivity contribution in [2.75, 3.05) is 32.7 Å². The molecule has 0 aliphatic carbocycles. The van der Waals surface area contributed by atoms with Gasteiger partial charge >= 0.3 is 0 Å². The first-order valence-corrected chi connectivity index (χ1v) is 10.4. The van der Waals surface area contributed by atoms with E-state index in [0.29, 0.717) is 23.9 Å². The molecule has 0 saturated carbocycles. The first-order chi connectivity index (χ1) is 12.3. The number of hydrogen-bond donors (Lipinski definition) is 1. The molecule has 2 aliphatic rings. The van der Waals surface area contributed by atoms with Crippen molar-refractivity contribution in [2.45, 2.75) is 25.2 Å². The Morgan fingerprint density at radius 1 is 1.12 bits per heavy atom. The summed E-state index contributed by atoms with van der Waals surface area (Å²) in [4.78, 5) is 26.1. The molecule has 1 aromatic rings. The number of nitrogens with zero attached hydrogens (tertiary/aromatic N) is 2. The van der Waals surface area contributed by atoms with Crippen LogP contribution in [-0.2, 0) is 14.8 Å². The van der Waals surface area contributed by atoms with Crippen LogP contribution in [0.5, 0.6) is 0 Å². The molecule has 2 unspecified atom stereocenters. The molecule has 0 radical (unpaired) electrons. The third kappa shape index (κ3) is 3.91. The van der Waals surface area contributed by atoms with E-state index in [-0.39, 0.29) is 29.8 Å². The van der Waals surface area contributed by atoms with Gasteiger partial charge in [-0.05, 0) is 42.5 Å². The Balaban J connectivity index is 1.75. The normalized spacial score (nSPS) is 25.0. The van der Waals surface area contributed by atoms with E-state index in [1.165, 1.54) is 12.1 Å². The van der Waals surface area contributed by atoms with Crippen LogP contribution < -0.4 is 5.32 Å². The molecule has 8 heteroatoms. The van der Waals surface area contributed by atoms with Crippen molar-refractivity contribution in [3.63, 3.8) is 0 Å². The molecule has 26 heavy (non-hydrogen) atoms. The molecule has 2 saturated heterocycles. The lowest BCUT2D eigenvalue weighted by molar-refractivity contribution is -0.122. The maximum atomic E-state index is 12.7. The van der Waals surface area contributed by atoms with E-state index >= 15 is 0 Å². The Bertz CT molecular complexity index is 781. The van der Waals surface area contributed by atoms with Crippen molar-refractivity contribution in [2.24, 2.45) is 11.8 Å².